The van der Waals surface area contributed by atoms with Gasteiger partial charge < -0.3 is 20.6 Å². The predicted molar refractivity (Wildman–Crippen MR) is 104 cm³/mol. The van der Waals surface area contributed by atoms with Crippen LogP contribution in [-0.2, 0) is 11.3 Å². The van der Waals surface area contributed by atoms with Gasteiger partial charge in [0.1, 0.15) is 6.54 Å². The Morgan fingerprint density at radius 1 is 1.19 bits per heavy atom. The van der Waals surface area contributed by atoms with Crippen LogP contribution in [0, 0.1) is 0 Å². The van der Waals surface area contributed by atoms with Crippen molar-refractivity contribution in [3.05, 3.63) is 65.2 Å². The van der Waals surface area contributed by atoms with Crippen molar-refractivity contribution in [1.82, 2.24) is 10.6 Å². The Labute approximate surface area is 157 Å². The third-order valence-corrected chi connectivity index (χ3v) is 4.32. The van der Waals surface area contributed by atoms with Crippen LogP contribution in [0.15, 0.2) is 53.5 Å². The zero-order valence-electron chi connectivity index (χ0n) is 15.1. The fourth-order valence-electron chi connectivity index (χ4n) is 2.90. The van der Waals surface area contributed by atoms with E-state index in [9.17, 15) is 9.59 Å². The second-order valence-corrected chi connectivity index (χ2v) is 6.17. The number of carbonyl (C=O) groups is 2. The van der Waals surface area contributed by atoms with E-state index in [1.54, 1.807) is 11.9 Å². The van der Waals surface area contributed by atoms with Crippen molar-refractivity contribution in [1.29, 1.82) is 0 Å². The van der Waals surface area contributed by atoms with Crippen molar-refractivity contribution in [3.8, 4) is 0 Å². The standard InChI is InChI=1S/C20H22N4O3/c1-24-17-8-7-14(12-23-20(27)21-9-10-25)11-16(17)19(22-13-18(24)26)15-5-3-2-4-6-15/h2-8,11,25H,9-10,12-13H2,1H3,(H2,21,23,27). The van der Waals surface area contributed by atoms with Crippen molar-refractivity contribution >= 4 is 23.3 Å². The van der Waals surface area contributed by atoms with E-state index in [0.717, 1.165) is 28.1 Å². The van der Waals surface area contributed by atoms with Crippen molar-refractivity contribution < 1.29 is 14.7 Å². The summed E-state index contributed by atoms with van der Waals surface area (Å²) in [4.78, 5) is 30.1. The Bertz CT molecular complexity index is 865. The molecule has 3 amide bonds. The van der Waals surface area contributed by atoms with E-state index in [-0.39, 0.29) is 31.6 Å². The first-order valence-corrected chi connectivity index (χ1v) is 8.72. The minimum absolute atomic E-state index is 0.0727. The highest BCUT2D eigenvalue weighted by atomic mass is 16.3. The smallest absolute Gasteiger partial charge is 0.315 e. The maximum Gasteiger partial charge on any atom is 0.315 e. The van der Waals surface area contributed by atoms with Crippen LogP contribution in [0.5, 0.6) is 0 Å². The molecule has 0 fully saturated rings. The summed E-state index contributed by atoms with van der Waals surface area (Å²) in [5.74, 6) is -0.0727. The van der Waals surface area contributed by atoms with Gasteiger partial charge in [-0.3, -0.25) is 9.79 Å². The van der Waals surface area contributed by atoms with Crippen LogP contribution in [-0.4, -0.2) is 49.5 Å². The molecule has 1 aliphatic rings. The number of nitrogens with one attached hydrogen (secondary N) is 2. The van der Waals surface area contributed by atoms with E-state index in [1.165, 1.54) is 0 Å². The van der Waals surface area contributed by atoms with Gasteiger partial charge >= 0.3 is 6.03 Å². The van der Waals surface area contributed by atoms with Gasteiger partial charge in [0, 0.05) is 31.3 Å². The van der Waals surface area contributed by atoms with E-state index in [1.807, 2.05) is 48.5 Å². The molecule has 2 aromatic rings. The van der Waals surface area contributed by atoms with Crippen molar-refractivity contribution in [2.75, 3.05) is 31.6 Å². The van der Waals surface area contributed by atoms with Gasteiger partial charge in [0.15, 0.2) is 0 Å². The van der Waals surface area contributed by atoms with Crippen molar-refractivity contribution in [3.63, 3.8) is 0 Å². The van der Waals surface area contributed by atoms with Gasteiger partial charge in [-0.15, -0.1) is 0 Å². The molecule has 7 nitrogen and oxygen atoms in total. The number of aliphatic hydroxyl groups is 1. The first-order valence-electron chi connectivity index (χ1n) is 8.72. The summed E-state index contributed by atoms with van der Waals surface area (Å²) in [6, 6.07) is 15.1. The van der Waals surface area contributed by atoms with Crippen LogP contribution in [0.2, 0.25) is 0 Å². The van der Waals surface area contributed by atoms with E-state index >= 15 is 0 Å². The molecule has 0 bridgehead atoms. The number of rotatable bonds is 5. The number of benzene rings is 2. The Morgan fingerprint density at radius 3 is 2.70 bits per heavy atom. The summed E-state index contributed by atoms with van der Waals surface area (Å²) in [5.41, 5.74) is 4.22. The van der Waals surface area contributed by atoms with Crippen LogP contribution in [0.1, 0.15) is 16.7 Å². The van der Waals surface area contributed by atoms with Crippen molar-refractivity contribution in [2.45, 2.75) is 6.54 Å². The first kappa shape index (κ1) is 18.6. The second-order valence-electron chi connectivity index (χ2n) is 6.17. The fourth-order valence-corrected chi connectivity index (χ4v) is 2.90. The molecule has 7 heteroatoms. The minimum atomic E-state index is -0.344. The van der Waals surface area contributed by atoms with E-state index < -0.39 is 0 Å². The molecule has 0 aliphatic carbocycles. The van der Waals surface area contributed by atoms with E-state index in [2.05, 4.69) is 15.6 Å². The number of carbonyl (C=O) groups excluding carboxylic acids is 2. The summed E-state index contributed by atoms with van der Waals surface area (Å²) in [7, 11) is 1.74. The largest absolute Gasteiger partial charge is 0.395 e. The molecular formula is C20H22N4O3. The molecule has 0 unspecified atom stereocenters. The molecule has 3 rings (SSSR count). The topological polar surface area (TPSA) is 94.0 Å². The van der Waals surface area contributed by atoms with Crippen LogP contribution >= 0.6 is 0 Å². The average molecular weight is 366 g/mol. The molecule has 0 aromatic heterocycles. The normalized spacial score (nSPS) is 13.5. The quantitative estimate of drug-likeness (QED) is 0.744. The summed E-state index contributed by atoms with van der Waals surface area (Å²) in [5, 5.41) is 14.1. The monoisotopic (exact) mass is 366 g/mol. The Balaban J connectivity index is 1.91. The third kappa shape index (κ3) is 4.32. The molecule has 140 valence electrons. The number of likely N-dealkylation sites (N-methyl/N-ethyl adjacent to an activating group) is 1. The highest BCUT2D eigenvalue weighted by Gasteiger charge is 2.22. The number of nitrogens with zero attached hydrogens (tertiary/aromatic N) is 2. The number of urea groups is 1. The molecule has 27 heavy (non-hydrogen) atoms. The highest BCUT2D eigenvalue weighted by molar-refractivity contribution is 6.19. The minimum Gasteiger partial charge on any atom is -0.395 e. The Kier molecular flexibility index (Phi) is 5.83. The molecular weight excluding hydrogens is 344 g/mol. The number of amides is 3. The Morgan fingerprint density at radius 2 is 1.96 bits per heavy atom. The lowest BCUT2D eigenvalue weighted by atomic mass is 9.98. The van der Waals surface area contributed by atoms with Crippen molar-refractivity contribution in [2.24, 2.45) is 4.99 Å². The van der Waals surface area contributed by atoms with E-state index in [0.29, 0.717) is 6.54 Å². The molecule has 0 radical (unpaired) electrons. The number of anilines is 1. The first-order chi connectivity index (χ1) is 13.1. The predicted octanol–water partition coefficient (Wildman–Crippen LogP) is 1.29. The number of hydrogen-bond acceptors (Lipinski definition) is 4. The number of hydrogen-bond donors (Lipinski definition) is 3. The summed E-state index contributed by atoms with van der Waals surface area (Å²) in [6.07, 6.45) is 0. The lowest BCUT2D eigenvalue weighted by molar-refractivity contribution is -0.116. The van der Waals surface area contributed by atoms with Gasteiger partial charge in [0.25, 0.3) is 0 Å². The number of aliphatic imine (C=N–C) groups is 1. The number of aliphatic hydroxyl groups excluding tert-OH is 1. The van der Waals surface area contributed by atoms with Gasteiger partial charge in [-0.05, 0) is 17.7 Å². The zero-order chi connectivity index (χ0) is 19.2. The van der Waals surface area contributed by atoms with Crippen LogP contribution in [0.3, 0.4) is 0 Å². The van der Waals surface area contributed by atoms with Crippen LogP contribution in [0.4, 0.5) is 10.5 Å². The lowest BCUT2D eigenvalue weighted by Gasteiger charge is -2.19. The summed E-state index contributed by atoms with van der Waals surface area (Å²) in [6.45, 7) is 0.508. The van der Waals surface area contributed by atoms with Gasteiger partial charge in [-0.1, -0.05) is 36.4 Å². The van der Waals surface area contributed by atoms with Gasteiger partial charge in [-0.25, -0.2) is 4.79 Å². The second kappa shape index (κ2) is 8.46. The maximum absolute atomic E-state index is 12.3. The summed E-state index contributed by atoms with van der Waals surface area (Å²) < 4.78 is 0. The van der Waals surface area contributed by atoms with Gasteiger partial charge in [0.2, 0.25) is 5.91 Å². The van der Waals surface area contributed by atoms with Crippen LogP contribution < -0.4 is 15.5 Å². The van der Waals surface area contributed by atoms with Crippen LogP contribution in [0.25, 0.3) is 0 Å². The third-order valence-electron chi connectivity index (χ3n) is 4.32. The molecule has 1 heterocycles. The molecule has 0 spiro atoms. The maximum atomic E-state index is 12.3. The van der Waals surface area contributed by atoms with Gasteiger partial charge in [-0.2, -0.15) is 0 Å². The molecule has 0 saturated carbocycles. The molecule has 0 atom stereocenters. The Hall–Kier alpha value is -3.19. The number of benzodiazepines with no additional fused rings is 1. The van der Waals surface area contributed by atoms with E-state index in [4.69, 9.17) is 5.11 Å². The fraction of sp³-hybridized carbons (Fsp3) is 0.250. The summed E-state index contributed by atoms with van der Waals surface area (Å²) >= 11 is 0. The molecule has 0 saturated heterocycles. The zero-order valence-corrected chi connectivity index (χ0v) is 15.1. The SMILES string of the molecule is CN1C(=O)CN=C(c2ccccc2)c2cc(CNC(=O)NCCO)ccc21. The molecule has 3 N–H and O–H groups in total. The molecule has 2 aromatic carbocycles. The number of fused-ring (bicyclic) bond motifs is 1. The lowest BCUT2D eigenvalue weighted by Crippen LogP contribution is -2.36. The van der Waals surface area contributed by atoms with Gasteiger partial charge in [0.05, 0.1) is 18.0 Å². The highest BCUT2D eigenvalue weighted by Crippen LogP contribution is 2.27. The average Bonchev–Trinajstić information content (AvgIpc) is 2.82. The molecule has 1 aliphatic heterocycles.